The SMILES string of the molecule is CC(C)CC(=O)N1CCCC(Br)C1. The van der Waals surface area contributed by atoms with Crippen molar-refractivity contribution < 1.29 is 4.79 Å². The minimum Gasteiger partial charge on any atom is -0.342 e. The standard InChI is InChI=1S/C10H18BrNO/c1-8(2)6-10(13)12-5-3-4-9(11)7-12/h8-9H,3-7H2,1-2H3. The van der Waals surface area contributed by atoms with Gasteiger partial charge in [0.05, 0.1) is 0 Å². The molecule has 1 aliphatic heterocycles. The molecule has 0 aromatic rings. The molecule has 1 aliphatic rings. The Labute approximate surface area is 88.8 Å². The van der Waals surface area contributed by atoms with Crippen molar-refractivity contribution in [2.24, 2.45) is 5.92 Å². The number of carbonyl (C=O) groups excluding carboxylic acids is 1. The van der Waals surface area contributed by atoms with E-state index in [1.54, 1.807) is 0 Å². The second-order valence-electron chi connectivity index (χ2n) is 4.18. The van der Waals surface area contributed by atoms with Crippen molar-refractivity contribution in [2.45, 2.75) is 37.9 Å². The number of piperidine rings is 1. The number of rotatable bonds is 2. The van der Waals surface area contributed by atoms with Crippen LogP contribution in [0.5, 0.6) is 0 Å². The molecule has 1 amide bonds. The van der Waals surface area contributed by atoms with Crippen molar-refractivity contribution in [3.63, 3.8) is 0 Å². The Morgan fingerprint density at radius 1 is 1.62 bits per heavy atom. The lowest BCUT2D eigenvalue weighted by Gasteiger charge is -2.30. The second-order valence-corrected chi connectivity index (χ2v) is 5.47. The molecule has 1 unspecified atom stereocenters. The lowest BCUT2D eigenvalue weighted by Crippen LogP contribution is -2.40. The summed E-state index contributed by atoms with van der Waals surface area (Å²) in [5.74, 6) is 0.794. The number of nitrogens with zero attached hydrogens (tertiary/aromatic N) is 1. The van der Waals surface area contributed by atoms with Crippen LogP contribution in [0.15, 0.2) is 0 Å². The van der Waals surface area contributed by atoms with Gasteiger partial charge in [0.2, 0.25) is 5.91 Å². The molecule has 0 radical (unpaired) electrons. The molecule has 76 valence electrons. The first-order valence-corrected chi connectivity index (χ1v) is 5.93. The van der Waals surface area contributed by atoms with Crippen molar-refractivity contribution in [1.29, 1.82) is 0 Å². The first kappa shape index (κ1) is 11.0. The zero-order chi connectivity index (χ0) is 9.84. The van der Waals surface area contributed by atoms with Crippen molar-refractivity contribution in [1.82, 2.24) is 4.90 Å². The van der Waals surface area contributed by atoms with Gasteiger partial charge in [0.15, 0.2) is 0 Å². The third kappa shape index (κ3) is 3.67. The molecule has 13 heavy (non-hydrogen) atoms. The zero-order valence-corrected chi connectivity index (χ0v) is 10.0. The Hall–Kier alpha value is -0.0500. The maximum absolute atomic E-state index is 11.7. The summed E-state index contributed by atoms with van der Waals surface area (Å²) in [6.07, 6.45) is 3.03. The first-order chi connectivity index (χ1) is 6.09. The van der Waals surface area contributed by atoms with E-state index in [9.17, 15) is 4.79 Å². The highest BCUT2D eigenvalue weighted by molar-refractivity contribution is 9.09. The Kier molecular flexibility index (Phi) is 4.23. The van der Waals surface area contributed by atoms with E-state index in [-0.39, 0.29) is 0 Å². The zero-order valence-electron chi connectivity index (χ0n) is 8.42. The van der Waals surface area contributed by atoms with Gasteiger partial charge in [0.1, 0.15) is 0 Å². The summed E-state index contributed by atoms with van der Waals surface area (Å²) >= 11 is 3.57. The topological polar surface area (TPSA) is 20.3 Å². The molecular formula is C10H18BrNO. The maximum atomic E-state index is 11.7. The summed E-state index contributed by atoms with van der Waals surface area (Å²) in [6.45, 7) is 6.03. The number of carbonyl (C=O) groups is 1. The number of halogens is 1. The fourth-order valence-electron chi connectivity index (χ4n) is 1.63. The largest absolute Gasteiger partial charge is 0.342 e. The highest BCUT2D eigenvalue weighted by atomic mass is 79.9. The minimum atomic E-state index is 0.319. The Balaban J connectivity index is 2.37. The van der Waals surface area contributed by atoms with Crippen LogP contribution in [-0.4, -0.2) is 28.7 Å². The van der Waals surface area contributed by atoms with Gasteiger partial charge in [-0.25, -0.2) is 0 Å². The molecule has 0 aliphatic carbocycles. The van der Waals surface area contributed by atoms with E-state index >= 15 is 0 Å². The van der Waals surface area contributed by atoms with E-state index in [1.165, 1.54) is 6.42 Å². The van der Waals surface area contributed by atoms with Gasteiger partial charge in [0.25, 0.3) is 0 Å². The lowest BCUT2D eigenvalue weighted by molar-refractivity contribution is -0.132. The fraction of sp³-hybridized carbons (Fsp3) is 0.900. The van der Waals surface area contributed by atoms with Gasteiger partial charge >= 0.3 is 0 Å². The summed E-state index contributed by atoms with van der Waals surface area (Å²) in [6, 6.07) is 0. The van der Waals surface area contributed by atoms with Gasteiger partial charge in [-0.2, -0.15) is 0 Å². The van der Waals surface area contributed by atoms with E-state index in [2.05, 4.69) is 29.8 Å². The van der Waals surface area contributed by atoms with E-state index in [4.69, 9.17) is 0 Å². The minimum absolute atomic E-state index is 0.319. The Morgan fingerprint density at radius 3 is 2.85 bits per heavy atom. The van der Waals surface area contributed by atoms with Crippen LogP contribution in [0, 0.1) is 5.92 Å². The molecule has 1 fully saturated rings. The number of amides is 1. The molecule has 0 aromatic carbocycles. The highest BCUT2D eigenvalue weighted by Crippen LogP contribution is 2.18. The molecule has 0 bridgehead atoms. The normalized spacial score (nSPS) is 23.7. The molecule has 2 nitrogen and oxygen atoms in total. The quantitative estimate of drug-likeness (QED) is 0.687. The molecule has 0 saturated carbocycles. The van der Waals surface area contributed by atoms with Crippen molar-refractivity contribution in [2.75, 3.05) is 13.1 Å². The average Bonchev–Trinajstić information content (AvgIpc) is 2.03. The van der Waals surface area contributed by atoms with Crippen LogP contribution in [0.1, 0.15) is 33.1 Å². The van der Waals surface area contributed by atoms with Gasteiger partial charge in [-0.3, -0.25) is 4.79 Å². The number of alkyl halides is 1. The summed E-state index contributed by atoms with van der Waals surface area (Å²) in [5, 5.41) is 0. The van der Waals surface area contributed by atoms with Crippen LogP contribution in [0.3, 0.4) is 0 Å². The third-order valence-electron chi connectivity index (χ3n) is 2.30. The molecule has 0 spiro atoms. The van der Waals surface area contributed by atoms with Gasteiger partial charge in [-0.05, 0) is 18.8 Å². The van der Waals surface area contributed by atoms with E-state index in [0.29, 0.717) is 23.1 Å². The third-order valence-corrected chi connectivity index (χ3v) is 3.05. The monoisotopic (exact) mass is 247 g/mol. The van der Waals surface area contributed by atoms with Crippen LogP contribution >= 0.6 is 15.9 Å². The summed E-state index contributed by atoms with van der Waals surface area (Å²) in [5.41, 5.74) is 0. The maximum Gasteiger partial charge on any atom is 0.222 e. The Morgan fingerprint density at radius 2 is 2.31 bits per heavy atom. The smallest absolute Gasteiger partial charge is 0.222 e. The second kappa shape index (κ2) is 4.99. The van der Waals surface area contributed by atoms with Crippen LogP contribution in [0.4, 0.5) is 0 Å². The average molecular weight is 248 g/mol. The van der Waals surface area contributed by atoms with Gasteiger partial charge in [0, 0.05) is 24.3 Å². The highest BCUT2D eigenvalue weighted by Gasteiger charge is 2.21. The van der Waals surface area contributed by atoms with E-state index in [1.807, 2.05) is 4.90 Å². The van der Waals surface area contributed by atoms with Gasteiger partial charge in [-0.1, -0.05) is 29.8 Å². The first-order valence-electron chi connectivity index (χ1n) is 5.01. The van der Waals surface area contributed by atoms with Crippen molar-refractivity contribution in [3.8, 4) is 0 Å². The van der Waals surface area contributed by atoms with Crippen LogP contribution in [-0.2, 0) is 4.79 Å². The van der Waals surface area contributed by atoms with Crippen molar-refractivity contribution in [3.05, 3.63) is 0 Å². The molecule has 1 atom stereocenters. The molecule has 1 rings (SSSR count). The molecule has 3 heteroatoms. The predicted molar refractivity (Wildman–Crippen MR) is 58.0 cm³/mol. The van der Waals surface area contributed by atoms with Gasteiger partial charge < -0.3 is 4.90 Å². The number of hydrogen-bond acceptors (Lipinski definition) is 1. The summed E-state index contributed by atoms with van der Waals surface area (Å²) in [7, 11) is 0. The van der Waals surface area contributed by atoms with Gasteiger partial charge in [-0.15, -0.1) is 0 Å². The molecular weight excluding hydrogens is 230 g/mol. The lowest BCUT2D eigenvalue weighted by atomic mass is 10.1. The van der Waals surface area contributed by atoms with Crippen LogP contribution < -0.4 is 0 Å². The molecule has 0 N–H and O–H groups in total. The summed E-state index contributed by atoms with van der Waals surface area (Å²) < 4.78 is 0. The van der Waals surface area contributed by atoms with Crippen molar-refractivity contribution >= 4 is 21.8 Å². The number of likely N-dealkylation sites (tertiary alicyclic amines) is 1. The predicted octanol–water partition coefficient (Wildman–Crippen LogP) is 2.42. The molecule has 1 saturated heterocycles. The van der Waals surface area contributed by atoms with Crippen LogP contribution in [0.2, 0.25) is 0 Å². The molecule has 0 aromatic heterocycles. The molecule has 1 heterocycles. The fourth-order valence-corrected chi connectivity index (χ4v) is 2.30. The summed E-state index contributed by atoms with van der Waals surface area (Å²) in [4.78, 5) is 14.2. The van der Waals surface area contributed by atoms with E-state index in [0.717, 1.165) is 19.5 Å². The Bertz CT molecular complexity index is 182. The van der Waals surface area contributed by atoms with Crippen LogP contribution in [0.25, 0.3) is 0 Å². The number of hydrogen-bond donors (Lipinski definition) is 0. The van der Waals surface area contributed by atoms with E-state index < -0.39 is 0 Å².